The SMILES string of the molecule is CC1CN(c2ccc(CO)cc2C(F)(F)F)CC(C)N1C. The number of hydrogen-bond acceptors (Lipinski definition) is 3. The summed E-state index contributed by atoms with van der Waals surface area (Å²) in [5, 5.41) is 9.06. The zero-order valence-corrected chi connectivity index (χ0v) is 12.5. The number of alkyl halides is 3. The summed E-state index contributed by atoms with van der Waals surface area (Å²) >= 11 is 0. The van der Waals surface area contributed by atoms with E-state index in [9.17, 15) is 13.2 Å². The topological polar surface area (TPSA) is 26.7 Å². The van der Waals surface area contributed by atoms with Gasteiger partial charge >= 0.3 is 6.18 Å². The van der Waals surface area contributed by atoms with Crippen LogP contribution in [-0.4, -0.2) is 42.2 Å². The normalized spacial score (nSPS) is 24.4. The Labute approximate surface area is 123 Å². The van der Waals surface area contributed by atoms with Crippen molar-refractivity contribution >= 4 is 5.69 Å². The lowest BCUT2D eigenvalue weighted by Gasteiger charge is -2.44. The quantitative estimate of drug-likeness (QED) is 0.910. The molecule has 1 aliphatic rings. The molecule has 1 aliphatic heterocycles. The minimum atomic E-state index is -4.42. The Balaban J connectivity index is 2.39. The van der Waals surface area contributed by atoms with Gasteiger partial charge in [0.05, 0.1) is 12.2 Å². The minimum absolute atomic E-state index is 0.187. The van der Waals surface area contributed by atoms with Crippen LogP contribution in [0.4, 0.5) is 18.9 Å². The van der Waals surface area contributed by atoms with Gasteiger partial charge in [0.15, 0.2) is 0 Å². The molecule has 0 amide bonds. The predicted octanol–water partition coefficient (Wildman–Crippen LogP) is 2.73. The number of aliphatic hydroxyl groups is 1. The Morgan fingerprint density at radius 3 is 2.24 bits per heavy atom. The Kier molecular flexibility index (Phi) is 4.49. The van der Waals surface area contributed by atoms with Crippen molar-refractivity contribution in [3.05, 3.63) is 29.3 Å². The Hall–Kier alpha value is -1.27. The Morgan fingerprint density at radius 2 is 1.76 bits per heavy atom. The van der Waals surface area contributed by atoms with E-state index in [4.69, 9.17) is 5.11 Å². The standard InChI is InChI=1S/C15H21F3N2O/c1-10-7-20(8-11(2)19(10)3)14-5-4-12(9-21)6-13(14)15(16,17)18/h4-6,10-11,21H,7-9H2,1-3H3. The fourth-order valence-electron chi connectivity index (χ4n) is 2.79. The first kappa shape index (κ1) is 16.1. The average molecular weight is 302 g/mol. The molecular weight excluding hydrogens is 281 g/mol. The first-order valence-electron chi connectivity index (χ1n) is 7.02. The number of benzene rings is 1. The van der Waals surface area contributed by atoms with Gasteiger partial charge < -0.3 is 10.0 Å². The van der Waals surface area contributed by atoms with E-state index in [2.05, 4.69) is 4.90 Å². The van der Waals surface area contributed by atoms with Crippen LogP contribution in [0.1, 0.15) is 25.0 Å². The van der Waals surface area contributed by atoms with Gasteiger partial charge in [0.25, 0.3) is 0 Å². The number of aliphatic hydroxyl groups excluding tert-OH is 1. The highest BCUT2D eigenvalue weighted by molar-refractivity contribution is 5.57. The second-order valence-corrected chi connectivity index (χ2v) is 5.78. The van der Waals surface area contributed by atoms with Crippen molar-refractivity contribution in [2.24, 2.45) is 0 Å². The highest BCUT2D eigenvalue weighted by Crippen LogP contribution is 2.38. The van der Waals surface area contributed by atoms with Crippen molar-refractivity contribution < 1.29 is 18.3 Å². The molecule has 2 rings (SSSR count). The van der Waals surface area contributed by atoms with E-state index in [0.717, 1.165) is 6.07 Å². The van der Waals surface area contributed by atoms with E-state index in [1.54, 1.807) is 11.0 Å². The fourth-order valence-corrected chi connectivity index (χ4v) is 2.79. The zero-order valence-electron chi connectivity index (χ0n) is 12.5. The largest absolute Gasteiger partial charge is 0.418 e. The minimum Gasteiger partial charge on any atom is -0.392 e. The second-order valence-electron chi connectivity index (χ2n) is 5.78. The van der Waals surface area contributed by atoms with E-state index in [-0.39, 0.29) is 29.9 Å². The number of piperazine rings is 1. The summed E-state index contributed by atoms with van der Waals surface area (Å²) in [5.74, 6) is 0. The molecule has 118 valence electrons. The molecular formula is C15H21F3N2O. The van der Waals surface area contributed by atoms with Gasteiger partial charge in [-0.25, -0.2) is 0 Å². The third kappa shape index (κ3) is 3.32. The molecule has 2 unspecified atom stereocenters. The van der Waals surface area contributed by atoms with E-state index in [1.165, 1.54) is 6.07 Å². The molecule has 3 nitrogen and oxygen atoms in total. The molecule has 1 N–H and O–H groups in total. The molecule has 0 aliphatic carbocycles. The van der Waals surface area contributed by atoms with Gasteiger partial charge in [0, 0.05) is 30.9 Å². The van der Waals surface area contributed by atoms with Crippen LogP contribution in [0.25, 0.3) is 0 Å². The monoisotopic (exact) mass is 302 g/mol. The molecule has 2 atom stereocenters. The van der Waals surface area contributed by atoms with Crippen LogP contribution in [0.15, 0.2) is 18.2 Å². The summed E-state index contributed by atoms with van der Waals surface area (Å²) in [5.41, 5.74) is -0.189. The molecule has 0 saturated carbocycles. The molecule has 1 fully saturated rings. The number of halogens is 3. The lowest BCUT2D eigenvalue weighted by atomic mass is 10.0. The second kappa shape index (κ2) is 5.85. The van der Waals surface area contributed by atoms with Crippen molar-refractivity contribution in [3.8, 4) is 0 Å². The number of rotatable bonds is 2. The van der Waals surface area contributed by atoms with E-state index >= 15 is 0 Å². The van der Waals surface area contributed by atoms with Crippen LogP contribution < -0.4 is 4.90 Å². The van der Waals surface area contributed by atoms with Crippen LogP contribution in [-0.2, 0) is 12.8 Å². The summed E-state index contributed by atoms with van der Waals surface area (Å²) in [6.45, 7) is 4.75. The van der Waals surface area contributed by atoms with Crippen molar-refractivity contribution in [3.63, 3.8) is 0 Å². The van der Waals surface area contributed by atoms with Gasteiger partial charge in [-0.3, -0.25) is 4.90 Å². The van der Waals surface area contributed by atoms with Gasteiger partial charge in [-0.05, 0) is 38.6 Å². The van der Waals surface area contributed by atoms with Crippen LogP contribution in [0.5, 0.6) is 0 Å². The van der Waals surface area contributed by atoms with Crippen LogP contribution >= 0.6 is 0 Å². The van der Waals surface area contributed by atoms with Gasteiger partial charge in [-0.1, -0.05) is 6.07 Å². The fraction of sp³-hybridized carbons (Fsp3) is 0.600. The maximum Gasteiger partial charge on any atom is 0.418 e. The lowest BCUT2D eigenvalue weighted by molar-refractivity contribution is -0.137. The first-order chi connectivity index (χ1) is 9.74. The number of nitrogens with zero attached hydrogens (tertiary/aromatic N) is 2. The lowest BCUT2D eigenvalue weighted by Crippen LogP contribution is -2.55. The summed E-state index contributed by atoms with van der Waals surface area (Å²) < 4.78 is 39.8. The zero-order chi connectivity index (χ0) is 15.8. The van der Waals surface area contributed by atoms with Gasteiger partial charge in [0.1, 0.15) is 0 Å². The number of hydrogen-bond donors (Lipinski definition) is 1. The molecule has 0 bridgehead atoms. The Bertz CT molecular complexity index is 492. The predicted molar refractivity (Wildman–Crippen MR) is 76.3 cm³/mol. The number of likely N-dealkylation sites (N-methyl/N-ethyl adjacent to an activating group) is 1. The summed E-state index contributed by atoms with van der Waals surface area (Å²) in [7, 11) is 1.99. The van der Waals surface area contributed by atoms with Gasteiger partial charge in [0.2, 0.25) is 0 Å². The molecule has 1 aromatic carbocycles. The van der Waals surface area contributed by atoms with E-state index in [0.29, 0.717) is 13.1 Å². The number of anilines is 1. The smallest absolute Gasteiger partial charge is 0.392 e. The average Bonchev–Trinajstić information content (AvgIpc) is 2.42. The molecule has 1 heterocycles. The molecule has 6 heteroatoms. The van der Waals surface area contributed by atoms with Crippen LogP contribution in [0, 0.1) is 0 Å². The molecule has 21 heavy (non-hydrogen) atoms. The van der Waals surface area contributed by atoms with Crippen molar-refractivity contribution in [1.82, 2.24) is 4.90 Å². The maximum absolute atomic E-state index is 13.3. The van der Waals surface area contributed by atoms with Crippen LogP contribution in [0.3, 0.4) is 0 Å². The molecule has 0 radical (unpaired) electrons. The van der Waals surface area contributed by atoms with E-state index in [1.807, 2.05) is 20.9 Å². The highest BCUT2D eigenvalue weighted by atomic mass is 19.4. The first-order valence-corrected chi connectivity index (χ1v) is 7.02. The van der Waals surface area contributed by atoms with Gasteiger partial charge in [-0.15, -0.1) is 0 Å². The molecule has 0 aromatic heterocycles. The van der Waals surface area contributed by atoms with E-state index < -0.39 is 11.7 Å². The summed E-state index contributed by atoms with van der Waals surface area (Å²) in [6.07, 6.45) is -4.42. The highest BCUT2D eigenvalue weighted by Gasteiger charge is 2.37. The third-order valence-electron chi connectivity index (χ3n) is 4.25. The Morgan fingerprint density at radius 1 is 1.19 bits per heavy atom. The van der Waals surface area contributed by atoms with Gasteiger partial charge in [-0.2, -0.15) is 13.2 Å². The summed E-state index contributed by atoms with van der Waals surface area (Å²) in [6, 6.07) is 4.44. The van der Waals surface area contributed by atoms with Crippen molar-refractivity contribution in [2.75, 3.05) is 25.0 Å². The third-order valence-corrected chi connectivity index (χ3v) is 4.25. The van der Waals surface area contributed by atoms with Crippen LogP contribution in [0.2, 0.25) is 0 Å². The van der Waals surface area contributed by atoms with Crippen molar-refractivity contribution in [2.45, 2.75) is 38.7 Å². The summed E-state index contributed by atoms with van der Waals surface area (Å²) in [4.78, 5) is 3.96. The molecule has 1 saturated heterocycles. The molecule has 0 spiro atoms. The van der Waals surface area contributed by atoms with Crippen molar-refractivity contribution in [1.29, 1.82) is 0 Å². The molecule has 1 aromatic rings. The maximum atomic E-state index is 13.3.